The molecule has 1 N–H and O–H groups in total. The Hall–Kier alpha value is -1.97. The van der Waals surface area contributed by atoms with Crippen molar-refractivity contribution in [3.8, 4) is 22.8 Å². The number of benzene rings is 1. The Bertz CT molecular complexity index is 519. The predicted molar refractivity (Wildman–Crippen MR) is 59.5 cm³/mol. The molecule has 16 heavy (non-hydrogen) atoms. The van der Waals surface area contributed by atoms with E-state index in [0.717, 1.165) is 28.3 Å². The lowest BCUT2D eigenvalue weighted by atomic mass is 10.0. The average molecular weight is 216 g/mol. The van der Waals surface area contributed by atoms with Crippen molar-refractivity contribution in [3.05, 3.63) is 30.0 Å². The summed E-state index contributed by atoms with van der Waals surface area (Å²) in [6.45, 7) is 3.14. The average Bonchev–Trinajstić information content (AvgIpc) is 2.78. The second-order valence-electron chi connectivity index (χ2n) is 3.62. The molecular formula is C12H12N2O2. The number of rotatable bonds is 2. The highest BCUT2D eigenvalue weighted by molar-refractivity contribution is 5.74. The molecule has 2 aromatic rings. The lowest BCUT2D eigenvalue weighted by Gasteiger charge is -2.19. The number of hydrogen-bond acceptors (Lipinski definition) is 3. The van der Waals surface area contributed by atoms with Crippen molar-refractivity contribution >= 4 is 0 Å². The van der Waals surface area contributed by atoms with E-state index >= 15 is 0 Å². The third-order valence-electron chi connectivity index (χ3n) is 2.64. The molecule has 1 aliphatic heterocycles. The molecule has 0 aliphatic carbocycles. The van der Waals surface area contributed by atoms with Crippen molar-refractivity contribution in [2.75, 3.05) is 6.61 Å². The predicted octanol–water partition coefficient (Wildman–Crippen LogP) is 2.37. The summed E-state index contributed by atoms with van der Waals surface area (Å²) < 4.78 is 11.2. The van der Waals surface area contributed by atoms with E-state index in [1.54, 1.807) is 6.20 Å². The van der Waals surface area contributed by atoms with E-state index in [9.17, 15) is 0 Å². The summed E-state index contributed by atoms with van der Waals surface area (Å²) in [5.41, 5.74) is 3.13. The van der Waals surface area contributed by atoms with E-state index in [1.165, 1.54) is 0 Å². The van der Waals surface area contributed by atoms with Gasteiger partial charge in [0.15, 0.2) is 11.5 Å². The van der Waals surface area contributed by atoms with E-state index in [2.05, 4.69) is 10.2 Å². The highest BCUT2D eigenvalue weighted by atomic mass is 16.5. The summed E-state index contributed by atoms with van der Waals surface area (Å²) in [5.74, 6) is 1.60. The van der Waals surface area contributed by atoms with Crippen LogP contribution in [0, 0.1) is 0 Å². The van der Waals surface area contributed by atoms with Crippen LogP contribution in [0.1, 0.15) is 12.5 Å². The summed E-state index contributed by atoms with van der Waals surface area (Å²) in [4.78, 5) is 0. The number of aromatic amines is 1. The SMILES string of the molecule is CCOc1cccc2c1OCc1cn[nH]c1-2. The second-order valence-corrected chi connectivity index (χ2v) is 3.62. The van der Waals surface area contributed by atoms with Crippen molar-refractivity contribution in [1.82, 2.24) is 10.2 Å². The van der Waals surface area contributed by atoms with E-state index in [4.69, 9.17) is 9.47 Å². The molecule has 3 rings (SSSR count). The molecule has 82 valence electrons. The van der Waals surface area contributed by atoms with Crippen LogP contribution in [-0.2, 0) is 6.61 Å². The minimum atomic E-state index is 0.545. The summed E-state index contributed by atoms with van der Waals surface area (Å²) in [7, 11) is 0. The molecule has 1 aromatic heterocycles. The van der Waals surface area contributed by atoms with Crippen molar-refractivity contribution in [2.24, 2.45) is 0 Å². The number of fused-ring (bicyclic) bond motifs is 3. The maximum atomic E-state index is 5.71. The van der Waals surface area contributed by atoms with Crippen LogP contribution in [0.5, 0.6) is 11.5 Å². The second kappa shape index (κ2) is 3.56. The molecule has 0 spiro atoms. The first-order valence-corrected chi connectivity index (χ1v) is 5.31. The van der Waals surface area contributed by atoms with Gasteiger partial charge in [-0.2, -0.15) is 5.10 Å². The first-order chi connectivity index (χ1) is 7.90. The summed E-state index contributed by atoms with van der Waals surface area (Å²) >= 11 is 0. The van der Waals surface area contributed by atoms with Crippen molar-refractivity contribution in [3.63, 3.8) is 0 Å². The van der Waals surface area contributed by atoms with Crippen LogP contribution < -0.4 is 9.47 Å². The Morgan fingerprint density at radius 3 is 3.31 bits per heavy atom. The standard InChI is InChI=1S/C12H12N2O2/c1-2-15-10-5-3-4-9-11-8(6-13-14-11)7-16-12(9)10/h3-6H,2,7H2,1H3,(H,13,14). The first-order valence-electron chi connectivity index (χ1n) is 5.31. The topological polar surface area (TPSA) is 47.1 Å². The molecule has 4 nitrogen and oxygen atoms in total. The fourth-order valence-electron chi connectivity index (χ4n) is 1.93. The summed E-state index contributed by atoms with van der Waals surface area (Å²) in [6.07, 6.45) is 1.80. The third kappa shape index (κ3) is 1.26. The minimum absolute atomic E-state index is 0.545. The quantitative estimate of drug-likeness (QED) is 0.838. The van der Waals surface area contributed by atoms with Crippen LogP contribution in [0.25, 0.3) is 11.3 Å². The van der Waals surface area contributed by atoms with Gasteiger partial charge in [-0.3, -0.25) is 5.10 Å². The molecule has 0 amide bonds. The van der Waals surface area contributed by atoms with Gasteiger partial charge in [-0.1, -0.05) is 6.07 Å². The zero-order chi connectivity index (χ0) is 11.0. The Balaban J connectivity index is 2.16. The molecule has 1 aliphatic rings. The van der Waals surface area contributed by atoms with E-state index < -0.39 is 0 Å². The molecule has 0 bridgehead atoms. The Labute approximate surface area is 93.2 Å². The zero-order valence-corrected chi connectivity index (χ0v) is 8.99. The van der Waals surface area contributed by atoms with Crippen molar-refractivity contribution in [2.45, 2.75) is 13.5 Å². The van der Waals surface area contributed by atoms with Gasteiger partial charge in [0.1, 0.15) is 6.61 Å². The Morgan fingerprint density at radius 1 is 1.50 bits per heavy atom. The third-order valence-corrected chi connectivity index (χ3v) is 2.64. The molecule has 0 atom stereocenters. The van der Waals surface area contributed by atoms with Crippen LogP contribution in [0.15, 0.2) is 24.4 Å². The van der Waals surface area contributed by atoms with E-state index in [-0.39, 0.29) is 0 Å². The van der Waals surface area contributed by atoms with E-state index in [0.29, 0.717) is 13.2 Å². The number of nitrogens with zero attached hydrogens (tertiary/aromatic N) is 1. The molecule has 0 fully saturated rings. The molecular weight excluding hydrogens is 204 g/mol. The maximum absolute atomic E-state index is 5.71. The molecule has 0 unspecified atom stereocenters. The van der Waals surface area contributed by atoms with Crippen LogP contribution in [-0.4, -0.2) is 16.8 Å². The van der Waals surface area contributed by atoms with Gasteiger partial charge >= 0.3 is 0 Å². The lowest BCUT2D eigenvalue weighted by molar-refractivity contribution is 0.266. The fraction of sp³-hybridized carbons (Fsp3) is 0.250. The first kappa shape index (κ1) is 9.27. The van der Waals surface area contributed by atoms with Gasteiger partial charge in [0.25, 0.3) is 0 Å². The largest absolute Gasteiger partial charge is 0.490 e. The Morgan fingerprint density at radius 2 is 2.44 bits per heavy atom. The van der Waals surface area contributed by atoms with Gasteiger partial charge in [-0.25, -0.2) is 0 Å². The molecule has 1 aromatic carbocycles. The molecule has 4 heteroatoms. The van der Waals surface area contributed by atoms with E-state index in [1.807, 2.05) is 25.1 Å². The molecule has 0 radical (unpaired) electrons. The minimum Gasteiger partial charge on any atom is -0.490 e. The van der Waals surface area contributed by atoms with Gasteiger partial charge in [-0.05, 0) is 19.1 Å². The van der Waals surface area contributed by atoms with Crippen LogP contribution >= 0.6 is 0 Å². The van der Waals surface area contributed by atoms with Crippen LogP contribution in [0.2, 0.25) is 0 Å². The fourth-order valence-corrected chi connectivity index (χ4v) is 1.93. The maximum Gasteiger partial charge on any atom is 0.171 e. The van der Waals surface area contributed by atoms with Crippen LogP contribution in [0.4, 0.5) is 0 Å². The van der Waals surface area contributed by atoms with Gasteiger partial charge in [0, 0.05) is 11.1 Å². The molecule has 0 saturated carbocycles. The summed E-state index contributed by atoms with van der Waals surface area (Å²) in [5, 5.41) is 7.03. The number of nitrogens with one attached hydrogen (secondary N) is 1. The highest BCUT2D eigenvalue weighted by Gasteiger charge is 2.21. The van der Waals surface area contributed by atoms with Gasteiger partial charge in [-0.15, -0.1) is 0 Å². The number of aromatic nitrogens is 2. The van der Waals surface area contributed by atoms with Gasteiger partial charge < -0.3 is 9.47 Å². The monoisotopic (exact) mass is 216 g/mol. The number of H-pyrrole nitrogens is 1. The highest BCUT2D eigenvalue weighted by Crippen LogP contribution is 2.42. The lowest BCUT2D eigenvalue weighted by Crippen LogP contribution is -2.06. The smallest absolute Gasteiger partial charge is 0.171 e. The zero-order valence-electron chi connectivity index (χ0n) is 8.99. The van der Waals surface area contributed by atoms with Gasteiger partial charge in [0.05, 0.1) is 18.5 Å². The van der Waals surface area contributed by atoms with Crippen LogP contribution in [0.3, 0.4) is 0 Å². The number of para-hydroxylation sites is 1. The Kier molecular flexibility index (Phi) is 2.06. The molecule has 2 heterocycles. The number of ether oxygens (including phenoxy) is 2. The molecule has 0 saturated heterocycles. The van der Waals surface area contributed by atoms with Gasteiger partial charge in [0.2, 0.25) is 0 Å². The van der Waals surface area contributed by atoms with Crippen molar-refractivity contribution < 1.29 is 9.47 Å². The number of hydrogen-bond donors (Lipinski definition) is 1. The normalized spacial score (nSPS) is 12.6. The van der Waals surface area contributed by atoms with Crippen molar-refractivity contribution in [1.29, 1.82) is 0 Å². The summed E-state index contributed by atoms with van der Waals surface area (Å²) in [6, 6.07) is 5.89.